The molecule has 0 radical (unpaired) electrons. The Hall–Kier alpha value is -3.54. The van der Waals surface area contributed by atoms with Crippen molar-refractivity contribution in [2.45, 2.75) is 6.42 Å². The Morgan fingerprint density at radius 2 is 1.77 bits per heavy atom. The average molecular weight is 346 g/mol. The van der Waals surface area contributed by atoms with Crippen molar-refractivity contribution in [2.75, 3.05) is 12.4 Å². The number of likely N-dealkylation sites (N-methyl/N-ethyl adjacent to an activating group) is 1. The van der Waals surface area contributed by atoms with Gasteiger partial charge in [0.15, 0.2) is 0 Å². The second-order valence-electron chi connectivity index (χ2n) is 5.65. The third-order valence-electron chi connectivity index (χ3n) is 3.74. The first kappa shape index (κ1) is 17.3. The molecular formula is C20H18N4O2. The van der Waals surface area contributed by atoms with Crippen molar-refractivity contribution >= 4 is 34.6 Å². The standard InChI is InChI=1S/C20H18N4O2/c1-21-20(26)12-14-6-8-15(9-7-14)24-19(25)11-10-16-13-22-17-4-2-3-5-18(17)23-16/h2-11,13H,12H2,1H3,(H,21,26)(H,24,25)/b11-10+. The van der Waals surface area contributed by atoms with Crippen molar-refractivity contribution in [1.29, 1.82) is 0 Å². The molecule has 130 valence electrons. The SMILES string of the molecule is CNC(=O)Cc1ccc(NC(=O)/C=C/c2cnc3ccccc3n2)cc1. The summed E-state index contributed by atoms with van der Waals surface area (Å²) in [5.74, 6) is -0.319. The Kier molecular flexibility index (Phi) is 5.34. The number of aromatic nitrogens is 2. The molecule has 1 heterocycles. The fraction of sp³-hybridized carbons (Fsp3) is 0.100. The van der Waals surface area contributed by atoms with Gasteiger partial charge in [-0.2, -0.15) is 0 Å². The minimum absolute atomic E-state index is 0.0544. The molecular weight excluding hydrogens is 328 g/mol. The zero-order valence-electron chi connectivity index (χ0n) is 14.3. The summed E-state index contributed by atoms with van der Waals surface area (Å²) in [6, 6.07) is 14.7. The highest BCUT2D eigenvalue weighted by Gasteiger charge is 2.03. The number of rotatable bonds is 5. The summed E-state index contributed by atoms with van der Waals surface area (Å²) in [6.45, 7) is 0. The van der Waals surface area contributed by atoms with Crippen molar-refractivity contribution in [3.05, 3.63) is 72.1 Å². The Balaban J connectivity index is 1.62. The van der Waals surface area contributed by atoms with Crippen LogP contribution in [-0.4, -0.2) is 28.8 Å². The van der Waals surface area contributed by atoms with E-state index in [1.54, 1.807) is 31.5 Å². The summed E-state index contributed by atoms with van der Waals surface area (Å²) in [4.78, 5) is 32.1. The van der Waals surface area contributed by atoms with Gasteiger partial charge >= 0.3 is 0 Å². The number of benzene rings is 2. The molecule has 0 saturated carbocycles. The lowest BCUT2D eigenvalue weighted by Gasteiger charge is -2.04. The van der Waals surface area contributed by atoms with E-state index in [2.05, 4.69) is 20.6 Å². The summed E-state index contributed by atoms with van der Waals surface area (Å²) in [5.41, 5.74) is 3.74. The Labute approximate surface area is 151 Å². The third-order valence-corrected chi connectivity index (χ3v) is 3.74. The van der Waals surface area contributed by atoms with Gasteiger partial charge in [-0.15, -0.1) is 0 Å². The molecule has 3 rings (SSSR count). The van der Waals surface area contributed by atoms with Crippen LogP contribution in [0.25, 0.3) is 17.1 Å². The highest BCUT2D eigenvalue weighted by molar-refractivity contribution is 6.01. The van der Waals surface area contributed by atoms with Gasteiger partial charge in [0.1, 0.15) is 0 Å². The van der Waals surface area contributed by atoms with Crippen LogP contribution in [0.4, 0.5) is 5.69 Å². The summed E-state index contributed by atoms with van der Waals surface area (Å²) in [7, 11) is 1.60. The van der Waals surface area contributed by atoms with E-state index >= 15 is 0 Å². The van der Waals surface area contributed by atoms with Crippen molar-refractivity contribution < 1.29 is 9.59 Å². The Bertz CT molecular complexity index is 965. The van der Waals surface area contributed by atoms with Crippen LogP contribution >= 0.6 is 0 Å². The molecule has 0 fully saturated rings. The molecule has 0 unspecified atom stereocenters. The number of amides is 2. The van der Waals surface area contributed by atoms with Gasteiger partial charge in [-0.3, -0.25) is 14.6 Å². The van der Waals surface area contributed by atoms with Gasteiger partial charge in [0.25, 0.3) is 0 Å². The maximum atomic E-state index is 12.0. The minimum atomic E-state index is -0.265. The van der Waals surface area contributed by atoms with Crippen molar-refractivity contribution in [1.82, 2.24) is 15.3 Å². The van der Waals surface area contributed by atoms with Crippen LogP contribution in [0.5, 0.6) is 0 Å². The first-order valence-electron chi connectivity index (χ1n) is 8.14. The molecule has 26 heavy (non-hydrogen) atoms. The highest BCUT2D eigenvalue weighted by atomic mass is 16.2. The first-order chi connectivity index (χ1) is 12.6. The van der Waals surface area contributed by atoms with E-state index in [0.717, 1.165) is 16.6 Å². The van der Waals surface area contributed by atoms with Crippen LogP contribution in [0.15, 0.2) is 60.8 Å². The smallest absolute Gasteiger partial charge is 0.248 e. The molecule has 0 aliphatic rings. The monoisotopic (exact) mass is 346 g/mol. The molecule has 2 amide bonds. The molecule has 2 aromatic carbocycles. The van der Waals surface area contributed by atoms with E-state index in [1.165, 1.54) is 6.08 Å². The first-order valence-corrected chi connectivity index (χ1v) is 8.14. The van der Waals surface area contributed by atoms with Crippen molar-refractivity contribution in [3.8, 4) is 0 Å². The number of carbonyl (C=O) groups is 2. The molecule has 3 aromatic rings. The number of anilines is 1. The number of hydrogen-bond acceptors (Lipinski definition) is 4. The molecule has 0 aliphatic carbocycles. The fourth-order valence-corrected chi connectivity index (χ4v) is 2.38. The van der Waals surface area contributed by atoms with Gasteiger partial charge in [0.05, 0.1) is 29.3 Å². The van der Waals surface area contributed by atoms with Gasteiger partial charge in [-0.05, 0) is 35.9 Å². The van der Waals surface area contributed by atoms with E-state index in [0.29, 0.717) is 17.8 Å². The second-order valence-corrected chi connectivity index (χ2v) is 5.65. The minimum Gasteiger partial charge on any atom is -0.359 e. The quantitative estimate of drug-likeness (QED) is 0.696. The topological polar surface area (TPSA) is 84.0 Å². The van der Waals surface area contributed by atoms with Crippen molar-refractivity contribution in [2.24, 2.45) is 0 Å². The molecule has 6 nitrogen and oxygen atoms in total. The van der Waals surface area contributed by atoms with E-state index in [-0.39, 0.29) is 11.8 Å². The second kappa shape index (κ2) is 8.02. The third kappa shape index (κ3) is 4.51. The normalized spacial score (nSPS) is 10.8. The molecule has 0 bridgehead atoms. The molecule has 0 aliphatic heterocycles. The van der Waals surface area contributed by atoms with Crippen LogP contribution < -0.4 is 10.6 Å². The zero-order valence-corrected chi connectivity index (χ0v) is 14.3. The number of hydrogen-bond donors (Lipinski definition) is 2. The summed E-state index contributed by atoms with van der Waals surface area (Å²) >= 11 is 0. The largest absolute Gasteiger partial charge is 0.359 e. The number of fused-ring (bicyclic) bond motifs is 1. The number of para-hydroxylation sites is 2. The lowest BCUT2D eigenvalue weighted by atomic mass is 10.1. The molecule has 6 heteroatoms. The molecule has 0 atom stereocenters. The van der Waals surface area contributed by atoms with Gasteiger partial charge in [0, 0.05) is 18.8 Å². The summed E-state index contributed by atoms with van der Waals surface area (Å²) < 4.78 is 0. The number of carbonyl (C=O) groups excluding carboxylic acids is 2. The van der Waals surface area contributed by atoms with E-state index in [1.807, 2.05) is 36.4 Å². The lowest BCUT2D eigenvalue weighted by Crippen LogP contribution is -2.19. The van der Waals surface area contributed by atoms with Crippen LogP contribution in [0.2, 0.25) is 0 Å². The van der Waals surface area contributed by atoms with Gasteiger partial charge in [-0.1, -0.05) is 24.3 Å². The van der Waals surface area contributed by atoms with Gasteiger partial charge in [-0.25, -0.2) is 4.98 Å². The van der Waals surface area contributed by atoms with Crippen LogP contribution in [0.1, 0.15) is 11.3 Å². The predicted molar refractivity (Wildman–Crippen MR) is 101 cm³/mol. The lowest BCUT2D eigenvalue weighted by molar-refractivity contribution is -0.120. The zero-order chi connectivity index (χ0) is 18.4. The van der Waals surface area contributed by atoms with Crippen LogP contribution in [-0.2, 0) is 16.0 Å². The maximum Gasteiger partial charge on any atom is 0.248 e. The van der Waals surface area contributed by atoms with Gasteiger partial charge < -0.3 is 10.6 Å². The highest BCUT2D eigenvalue weighted by Crippen LogP contribution is 2.11. The molecule has 2 N–H and O–H groups in total. The van der Waals surface area contributed by atoms with Crippen molar-refractivity contribution in [3.63, 3.8) is 0 Å². The fourth-order valence-electron chi connectivity index (χ4n) is 2.38. The molecule has 0 saturated heterocycles. The number of nitrogens with zero attached hydrogens (tertiary/aromatic N) is 2. The van der Waals surface area contributed by atoms with E-state index < -0.39 is 0 Å². The summed E-state index contributed by atoms with van der Waals surface area (Å²) in [6.07, 6.45) is 4.97. The van der Waals surface area contributed by atoms with E-state index in [4.69, 9.17) is 0 Å². The van der Waals surface area contributed by atoms with Gasteiger partial charge in [0.2, 0.25) is 11.8 Å². The van der Waals surface area contributed by atoms with Crippen LogP contribution in [0.3, 0.4) is 0 Å². The predicted octanol–water partition coefficient (Wildman–Crippen LogP) is 2.57. The molecule has 0 spiro atoms. The number of nitrogens with one attached hydrogen (secondary N) is 2. The van der Waals surface area contributed by atoms with Crippen LogP contribution in [0, 0.1) is 0 Å². The average Bonchev–Trinajstić information content (AvgIpc) is 2.67. The maximum absolute atomic E-state index is 12.0. The Morgan fingerprint density at radius 3 is 2.50 bits per heavy atom. The Morgan fingerprint density at radius 1 is 1.04 bits per heavy atom. The molecule has 1 aromatic heterocycles. The summed E-state index contributed by atoms with van der Waals surface area (Å²) in [5, 5.41) is 5.34. The van der Waals surface area contributed by atoms with E-state index in [9.17, 15) is 9.59 Å².